The molecule has 3 N–H and O–H groups in total. The fourth-order valence-corrected chi connectivity index (χ4v) is 3.16. The van der Waals surface area contributed by atoms with Gasteiger partial charge in [0.15, 0.2) is 0 Å². The van der Waals surface area contributed by atoms with Crippen LogP contribution in [0.1, 0.15) is 37.4 Å². The Morgan fingerprint density at radius 1 is 1.15 bits per heavy atom. The van der Waals surface area contributed by atoms with Gasteiger partial charge in [0.25, 0.3) is 0 Å². The van der Waals surface area contributed by atoms with Crippen molar-refractivity contribution in [1.82, 2.24) is 5.32 Å². The molecule has 1 rings (SSSR count). The number of aliphatic hydroxyl groups is 2. The van der Waals surface area contributed by atoms with Crippen molar-refractivity contribution < 1.29 is 10.2 Å². The zero-order valence-electron chi connectivity index (χ0n) is 12.5. The summed E-state index contributed by atoms with van der Waals surface area (Å²) in [5.74, 6) is 1.48. The molecule has 1 aromatic carbocycles. The average Bonchev–Trinajstić information content (AvgIpc) is 2.47. The lowest BCUT2D eigenvalue weighted by Gasteiger charge is -2.19. The Hall–Kier alpha value is -0.550. The molecule has 0 saturated heterocycles. The van der Waals surface area contributed by atoms with E-state index >= 15 is 0 Å². The summed E-state index contributed by atoms with van der Waals surface area (Å²) >= 11 is 1.67. The van der Waals surface area contributed by atoms with E-state index in [1.165, 1.54) is 17.5 Å². The van der Waals surface area contributed by atoms with Crippen LogP contribution in [0.4, 0.5) is 0 Å². The highest BCUT2D eigenvalue weighted by molar-refractivity contribution is 7.99. The summed E-state index contributed by atoms with van der Waals surface area (Å²) in [6, 6.07) is 9.10. The molecular formula is C16H27NO2S. The smallest absolute Gasteiger partial charge is 0.0861 e. The van der Waals surface area contributed by atoms with Crippen molar-refractivity contribution in [3.8, 4) is 0 Å². The predicted octanol–water partition coefficient (Wildman–Crippen LogP) is 2.38. The molecule has 0 aliphatic heterocycles. The molecule has 4 heteroatoms. The summed E-state index contributed by atoms with van der Waals surface area (Å²) in [5.41, 5.74) is 2.67. The summed E-state index contributed by atoms with van der Waals surface area (Å²) in [6.07, 6.45) is 1.68. The highest BCUT2D eigenvalue weighted by atomic mass is 32.2. The van der Waals surface area contributed by atoms with E-state index in [2.05, 4.69) is 43.4 Å². The van der Waals surface area contributed by atoms with Gasteiger partial charge in [0.1, 0.15) is 0 Å². The Bertz CT molecular complexity index is 356. The fourth-order valence-electron chi connectivity index (χ4n) is 2.10. The van der Waals surface area contributed by atoms with E-state index < -0.39 is 6.10 Å². The van der Waals surface area contributed by atoms with Gasteiger partial charge in [-0.15, -0.1) is 0 Å². The standard InChI is InChI=1S/C16H27NO2S/c1-3-5-13-6-8-14(9-7-13)16(17-4-2)12-20-11-15(19)10-18/h6-9,15-19H,3-5,10-12H2,1-2H3. The van der Waals surface area contributed by atoms with E-state index in [-0.39, 0.29) is 6.61 Å². The van der Waals surface area contributed by atoms with E-state index in [0.29, 0.717) is 11.8 Å². The monoisotopic (exact) mass is 297 g/mol. The molecule has 3 nitrogen and oxygen atoms in total. The van der Waals surface area contributed by atoms with Gasteiger partial charge in [-0.2, -0.15) is 11.8 Å². The number of aryl methyl sites for hydroxylation is 1. The van der Waals surface area contributed by atoms with Gasteiger partial charge in [-0.25, -0.2) is 0 Å². The Labute approximate surface area is 126 Å². The molecule has 2 unspecified atom stereocenters. The number of nitrogens with one attached hydrogen (secondary N) is 1. The van der Waals surface area contributed by atoms with Gasteiger partial charge in [0.05, 0.1) is 12.7 Å². The van der Waals surface area contributed by atoms with Crippen molar-refractivity contribution in [1.29, 1.82) is 0 Å². The summed E-state index contributed by atoms with van der Waals surface area (Å²) in [6.45, 7) is 5.05. The van der Waals surface area contributed by atoms with E-state index in [4.69, 9.17) is 5.11 Å². The average molecular weight is 297 g/mol. The third-order valence-electron chi connectivity index (χ3n) is 3.18. The maximum absolute atomic E-state index is 9.38. The van der Waals surface area contributed by atoms with Crippen LogP contribution in [0.25, 0.3) is 0 Å². The maximum Gasteiger partial charge on any atom is 0.0861 e. The van der Waals surface area contributed by atoms with Crippen LogP contribution in [0.15, 0.2) is 24.3 Å². The molecule has 0 spiro atoms. The van der Waals surface area contributed by atoms with E-state index in [1.54, 1.807) is 11.8 Å². The first-order chi connectivity index (χ1) is 9.71. The predicted molar refractivity (Wildman–Crippen MR) is 87.3 cm³/mol. The number of hydrogen-bond acceptors (Lipinski definition) is 4. The van der Waals surface area contributed by atoms with Gasteiger partial charge < -0.3 is 15.5 Å². The Balaban J connectivity index is 2.55. The lowest BCUT2D eigenvalue weighted by atomic mass is 10.0. The molecule has 1 aromatic rings. The molecular weight excluding hydrogens is 270 g/mol. The number of hydrogen-bond donors (Lipinski definition) is 3. The van der Waals surface area contributed by atoms with Crippen molar-refractivity contribution in [3.05, 3.63) is 35.4 Å². The van der Waals surface area contributed by atoms with Gasteiger partial charge in [0, 0.05) is 17.5 Å². The molecule has 0 fully saturated rings. The second-order valence-corrected chi connectivity index (χ2v) is 6.05. The van der Waals surface area contributed by atoms with Crippen LogP contribution in [0, 0.1) is 0 Å². The minimum atomic E-state index is -0.616. The topological polar surface area (TPSA) is 52.5 Å². The molecule has 2 atom stereocenters. The SMILES string of the molecule is CCCc1ccc(C(CSCC(O)CO)NCC)cc1. The zero-order chi connectivity index (χ0) is 14.8. The van der Waals surface area contributed by atoms with Crippen molar-refractivity contribution in [2.24, 2.45) is 0 Å². The first-order valence-corrected chi connectivity index (χ1v) is 8.55. The molecule has 0 aliphatic carbocycles. The lowest BCUT2D eigenvalue weighted by Crippen LogP contribution is -2.24. The van der Waals surface area contributed by atoms with Crippen LogP contribution < -0.4 is 5.32 Å². The normalized spacial score (nSPS) is 14.2. The molecule has 20 heavy (non-hydrogen) atoms. The number of benzene rings is 1. The summed E-state index contributed by atoms with van der Waals surface area (Å²) in [7, 11) is 0. The lowest BCUT2D eigenvalue weighted by molar-refractivity contribution is 0.113. The van der Waals surface area contributed by atoms with Crippen LogP contribution in [-0.4, -0.2) is 41.0 Å². The number of rotatable bonds is 10. The largest absolute Gasteiger partial charge is 0.394 e. The van der Waals surface area contributed by atoms with E-state index in [0.717, 1.165) is 18.7 Å². The van der Waals surface area contributed by atoms with Crippen LogP contribution in [-0.2, 0) is 6.42 Å². The van der Waals surface area contributed by atoms with Gasteiger partial charge in [-0.05, 0) is 24.1 Å². The molecule has 0 amide bonds. The van der Waals surface area contributed by atoms with Crippen molar-refractivity contribution in [3.63, 3.8) is 0 Å². The van der Waals surface area contributed by atoms with Crippen LogP contribution >= 0.6 is 11.8 Å². The first-order valence-electron chi connectivity index (χ1n) is 7.40. The number of thioether (sulfide) groups is 1. The Morgan fingerprint density at radius 2 is 1.85 bits per heavy atom. The van der Waals surface area contributed by atoms with Crippen LogP contribution in [0.2, 0.25) is 0 Å². The van der Waals surface area contributed by atoms with Crippen molar-refractivity contribution in [2.45, 2.75) is 38.8 Å². The molecule has 0 saturated carbocycles. The minimum Gasteiger partial charge on any atom is -0.394 e. The van der Waals surface area contributed by atoms with Gasteiger partial charge in [-0.3, -0.25) is 0 Å². The van der Waals surface area contributed by atoms with Gasteiger partial charge >= 0.3 is 0 Å². The fraction of sp³-hybridized carbons (Fsp3) is 0.625. The molecule has 0 aromatic heterocycles. The second-order valence-electron chi connectivity index (χ2n) is 4.98. The summed E-state index contributed by atoms with van der Waals surface area (Å²) in [5, 5.41) is 21.7. The second kappa shape index (κ2) is 10.2. The third-order valence-corrected chi connectivity index (χ3v) is 4.37. The van der Waals surface area contributed by atoms with Crippen LogP contribution in [0.5, 0.6) is 0 Å². The number of aliphatic hydroxyl groups excluding tert-OH is 2. The van der Waals surface area contributed by atoms with E-state index in [1.807, 2.05) is 0 Å². The summed E-state index contributed by atoms with van der Waals surface area (Å²) < 4.78 is 0. The highest BCUT2D eigenvalue weighted by Crippen LogP contribution is 2.20. The first kappa shape index (κ1) is 17.5. The molecule has 0 aliphatic rings. The minimum absolute atomic E-state index is 0.162. The molecule has 0 bridgehead atoms. The molecule has 0 radical (unpaired) electrons. The van der Waals surface area contributed by atoms with Crippen LogP contribution in [0.3, 0.4) is 0 Å². The quantitative estimate of drug-likeness (QED) is 0.621. The Morgan fingerprint density at radius 3 is 2.40 bits per heavy atom. The highest BCUT2D eigenvalue weighted by Gasteiger charge is 2.11. The third kappa shape index (κ3) is 6.27. The van der Waals surface area contributed by atoms with Crippen molar-refractivity contribution >= 4 is 11.8 Å². The summed E-state index contributed by atoms with van der Waals surface area (Å²) in [4.78, 5) is 0. The maximum atomic E-state index is 9.38. The van der Waals surface area contributed by atoms with Gasteiger partial charge in [0.2, 0.25) is 0 Å². The van der Waals surface area contributed by atoms with E-state index in [9.17, 15) is 5.11 Å². The molecule has 114 valence electrons. The molecule has 0 heterocycles. The van der Waals surface area contributed by atoms with Crippen molar-refractivity contribution in [2.75, 3.05) is 24.7 Å². The zero-order valence-corrected chi connectivity index (χ0v) is 13.3. The Kier molecular flexibility index (Phi) is 8.94. The van der Waals surface area contributed by atoms with Gasteiger partial charge in [-0.1, -0.05) is 44.5 Å².